The summed E-state index contributed by atoms with van der Waals surface area (Å²) in [5.41, 5.74) is 9.90. The average Bonchev–Trinajstić information content (AvgIpc) is 2.35. The van der Waals surface area contributed by atoms with Crippen molar-refractivity contribution in [1.82, 2.24) is 9.97 Å². The average molecular weight is 243 g/mol. The Morgan fingerprint density at radius 2 is 1.61 bits per heavy atom. The summed E-state index contributed by atoms with van der Waals surface area (Å²) in [6, 6.07) is 4.12. The van der Waals surface area contributed by atoms with Crippen molar-refractivity contribution >= 4 is 5.82 Å². The van der Waals surface area contributed by atoms with Crippen molar-refractivity contribution in [2.24, 2.45) is 0 Å². The maximum absolute atomic E-state index is 5.90. The van der Waals surface area contributed by atoms with Crippen molar-refractivity contribution in [3.63, 3.8) is 0 Å². The van der Waals surface area contributed by atoms with Gasteiger partial charge in [-0.3, -0.25) is 0 Å². The number of hydrogen-bond donors (Lipinski definition) is 1. The highest BCUT2D eigenvalue weighted by atomic mass is 16.5. The van der Waals surface area contributed by atoms with Gasteiger partial charge >= 0.3 is 0 Å². The number of anilines is 1. The first-order valence-electron chi connectivity index (χ1n) is 5.82. The number of nitrogens with zero attached hydrogens (tertiary/aromatic N) is 2. The van der Waals surface area contributed by atoms with Crippen molar-refractivity contribution in [1.29, 1.82) is 0 Å². The predicted molar refractivity (Wildman–Crippen MR) is 71.9 cm³/mol. The zero-order chi connectivity index (χ0) is 13.3. The molecule has 1 heterocycles. The van der Waals surface area contributed by atoms with Crippen LogP contribution in [-0.2, 0) is 0 Å². The topological polar surface area (TPSA) is 61.0 Å². The predicted octanol–water partition coefficient (Wildman–Crippen LogP) is 3.08. The Bertz CT molecular complexity index is 594. The molecule has 18 heavy (non-hydrogen) atoms. The van der Waals surface area contributed by atoms with E-state index in [1.165, 1.54) is 11.9 Å². The Morgan fingerprint density at radius 3 is 2.33 bits per heavy atom. The van der Waals surface area contributed by atoms with E-state index in [-0.39, 0.29) is 0 Å². The number of hydrogen-bond acceptors (Lipinski definition) is 4. The summed E-state index contributed by atoms with van der Waals surface area (Å²) in [6.07, 6.45) is 1.41. The molecule has 0 atom stereocenters. The van der Waals surface area contributed by atoms with Gasteiger partial charge in [0.25, 0.3) is 0 Å². The quantitative estimate of drug-likeness (QED) is 0.880. The van der Waals surface area contributed by atoms with Crippen LogP contribution in [0.1, 0.15) is 22.3 Å². The van der Waals surface area contributed by atoms with Crippen LogP contribution in [0.15, 0.2) is 18.5 Å². The standard InChI is InChI=1S/C14H17N3O/c1-8-5-6-9(2)12(10(8)3)18-14-11(4)13(15)16-7-17-14/h5-7H,1-4H3,(H2,15,16,17). The van der Waals surface area contributed by atoms with Crippen LogP contribution in [0.2, 0.25) is 0 Å². The fourth-order valence-corrected chi connectivity index (χ4v) is 1.73. The molecule has 4 nitrogen and oxygen atoms in total. The van der Waals surface area contributed by atoms with E-state index in [2.05, 4.69) is 23.0 Å². The highest BCUT2D eigenvalue weighted by Crippen LogP contribution is 2.31. The fraction of sp³-hybridized carbons (Fsp3) is 0.286. The van der Waals surface area contributed by atoms with E-state index in [0.717, 1.165) is 22.4 Å². The van der Waals surface area contributed by atoms with Gasteiger partial charge in [-0.2, -0.15) is 0 Å². The molecule has 0 spiro atoms. The summed E-state index contributed by atoms with van der Waals surface area (Å²) in [4.78, 5) is 8.06. The van der Waals surface area contributed by atoms with Gasteiger partial charge in [0.05, 0.1) is 5.56 Å². The third kappa shape index (κ3) is 2.14. The SMILES string of the molecule is Cc1ccc(C)c(Oc2ncnc(N)c2C)c1C. The largest absolute Gasteiger partial charge is 0.438 e. The molecule has 2 aromatic rings. The minimum absolute atomic E-state index is 0.447. The summed E-state index contributed by atoms with van der Waals surface area (Å²) < 4.78 is 5.90. The summed E-state index contributed by atoms with van der Waals surface area (Å²) in [5.74, 6) is 1.80. The van der Waals surface area contributed by atoms with E-state index in [1.807, 2.05) is 26.8 Å². The molecule has 94 valence electrons. The third-order valence-corrected chi connectivity index (χ3v) is 3.15. The summed E-state index contributed by atoms with van der Waals surface area (Å²) in [6.45, 7) is 7.97. The van der Waals surface area contributed by atoms with Crippen LogP contribution in [0, 0.1) is 27.7 Å². The van der Waals surface area contributed by atoms with Crippen LogP contribution in [-0.4, -0.2) is 9.97 Å². The molecule has 1 aromatic heterocycles. The Balaban J connectivity index is 2.46. The molecule has 0 aliphatic rings. The van der Waals surface area contributed by atoms with Crippen molar-refractivity contribution in [3.8, 4) is 11.6 Å². The van der Waals surface area contributed by atoms with Gasteiger partial charge in [0.1, 0.15) is 17.9 Å². The molecule has 0 amide bonds. The number of rotatable bonds is 2. The lowest BCUT2D eigenvalue weighted by molar-refractivity contribution is 0.450. The van der Waals surface area contributed by atoms with Crippen LogP contribution in [0.4, 0.5) is 5.82 Å². The summed E-state index contributed by atoms with van der Waals surface area (Å²) in [7, 11) is 0. The molecule has 0 aliphatic heterocycles. The summed E-state index contributed by atoms with van der Waals surface area (Å²) >= 11 is 0. The van der Waals surface area contributed by atoms with Crippen LogP contribution >= 0.6 is 0 Å². The Hall–Kier alpha value is -2.10. The lowest BCUT2D eigenvalue weighted by Gasteiger charge is -2.14. The van der Waals surface area contributed by atoms with E-state index in [1.54, 1.807) is 0 Å². The molecular formula is C14H17N3O. The van der Waals surface area contributed by atoms with E-state index in [9.17, 15) is 0 Å². The molecule has 0 bridgehead atoms. The lowest BCUT2D eigenvalue weighted by Crippen LogP contribution is -2.01. The fourth-order valence-electron chi connectivity index (χ4n) is 1.73. The zero-order valence-electron chi connectivity index (χ0n) is 11.1. The van der Waals surface area contributed by atoms with Gasteiger partial charge in [0.15, 0.2) is 0 Å². The van der Waals surface area contributed by atoms with Crippen LogP contribution in [0.25, 0.3) is 0 Å². The van der Waals surface area contributed by atoms with Crippen LogP contribution < -0.4 is 10.5 Å². The smallest absolute Gasteiger partial charge is 0.227 e. The van der Waals surface area contributed by atoms with Gasteiger partial charge in [-0.1, -0.05) is 12.1 Å². The highest BCUT2D eigenvalue weighted by Gasteiger charge is 2.11. The Kier molecular flexibility index (Phi) is 3.19. The lowest BCUT2D eigenvalue weighted by atomic mass is 10.1. The van der Waals surface area contributed by atoms with E-state index in [4.69, 9.17) is 10.5 Å². The molecule has 2 N–H and O–H groups in total. The van der Waals surface area contributed by atoms with Gasteiger partial charge in [0, 0.05) is 0 Å². The van der Waals surface area contributed by atoms with E-state index < -0.39 is 0 Å². The second kappa shape index (κ2) is 4.64. The number of nitrogen functional groups attached to an aromatic ring is 1. The second-order valence-electron chi connectivity index (χ2n) is 4.44. The first-order valence-corrected chi connectivity index (χ1v) is 5.82. The van der Waals surface area contributed by atoms with Gasteiger partial charge in [0.2, 0.25) is 5.88 Å². The molecule has 0 saturated carbocycles. The number of aromatic nitrogens is 2. The molecular weight excluding hydrogens is 226 g/mol. The van der Waals surface area contributed by atoms with E-state index >= 15 is 0 Å². The minimum atomic E-state index is 0.447. The monoisotopic (exact) mass is 243 g/mol. The van der Waals surface area contributed by atoms with Crippen LogP contribution in [0.3, 0.4) is 0 Å². The zero-order valence-corrected chi connectivity index (χ0v) is 11.1. The first kappa shape index (κ1) is 12.4. The van der Waals surface area contributed by atoms with Gasteiger partial charge in [-0.25, -0.2) is 9.97 Å². The van der Waals surface area contributed by atoms with E-state index in [0.29, 0.717) is 11.7 Å². The summed E-state index contributed by atoms with van der Waals surface area (Å²) in [5, 5.41) is 0. The van der Waals surface area contributed by atoms with Crippen molar-refractivity contribution < 1.29 is 4.74 Å². The molecule has 2 rings (SSSR count). The molecule has 0 saturated heterocycles. The number of aryl methyl sites for hydroxylation is 2. The molecule has 0 unspecified atom stereocenters. The van der Waals surface area contributed by atoms with Crippen molar-refractivity contribution in [2.45, 2.75) is 27.7 Å². The Morgan fingerprint density at radius 1 is 0.944 bits per heavy atom. The third-order valence-electron chi connectivity index (χ3n) is 3.15. The van der Waals surface area contributed by atoms with Crippen LogP contribution in [0.5, 0.6) is 11.6 Å². The molecule has 0 fully saturated rings. The maximum Gasteiger partial charge on any atom is 0.227 e. The number of nitrogens with two attached hydrogens (primary N) is 1. The number of ether oxygens (including phenoxy) is 1. The second-order valence-corrected chi connectivity index (χ2v) is 4.44. The highest BCUT2D eigenvalue weighted by molar-refractivity contribution is 5.49. The van der Waals surface area contributed by atoms with Crippen molar-refractivity contribution in [3.05, 3.63) is 40.7 Å². The minimum Gasteiger partial charge on any atom is -0.438 e. The first-order chi connectivity index (χ1) is 8.50. The normalized spacial score (nSPS) is 10.4. The molecule has 1 aromatic carbocycles. The maximum atomic E-state index is 5.90. The Labute approximate surface area is 107 Å². The van der Waals surface area contributed by atoms with Gasteiger partial charge < -0.3 is 10.5 Å². The molecule has 0 aliphatic carbocycles. The molecule has 4 heteroatoms. The van der Waals surface area contributed by atoms with Crippen molar-refractivity contribution in [2.75, 3.05) is 5.73 Å². The van der Waals surface area contributed by atoms with Gasteiger partial charge in [-0.15, -0.1) is 0 Å². The number of benzene rings is 1. The van der Waals surface area contributed by atoms with Gasteiger partial charge in [-0.05, 0) is 44.4 Å². The molecule has 0 radical (unpaired) electrons.